The molecule has 0 fully saturated rings. The van der Waals surface area contributed by atoms with Gasteiger partial charge in [0.1, 0.15) is 5.82 Å². The van der Waals surface area contributed by atoms with Crippen LogP contribution in [0.4, 0.5) is 15.8 Å². The quantitative estimate of drug-likeness (QED) is 0.420. The number of fused-ring (bicyclic) bond motifs is 3. The van der Waals surface area contributed by atoms with Crippen LogP contribution in [0.2, 0.25) is 0 Å². The van der Waals surface area contributed by atoms with E-state index in [1.807, 2.05) is 12.1 Å². The van der Waals surface area contributed by atoms with Gasteiger partial charge in [-0.3, -0.25) is 0 Å². The smallest absolute Gasteiger partial charge is 0.141 e. The fourth-order valence-corrected chi connectivity index (χ4v) is 4.20. The number of hydrogen-bond acceptors (Lipinski definition) is 2. The Morgan fingerprint density at radius 1 is 0.826 bits per heavy atom. The molecule has 0 saturated carbocycles. The molecule has 0 aliphatic rings. The molecule has 23 heavy (non-hydrogen) atoms. The Bertz CT molecular complexity index is 1000. The molecule has 0 aliphatic heterocycles. The Labute approximate surface area is 138 Å². The Morgan fingerprint density at radius 2 is 1.48 bits per heavy atom. The summed E-state index contributed by atoms with van der Waals surface area (Å²) < 4.78 is 16.0. The summed E-state index contributed by atoms with van der Waals surface area (Å²) in [6.07, 6.45) is 0. The van der Waals surface area contributed by atoms with E-state index in [1.54, 1.807) is 6.07 Å². The largest absolute Gasteiger partial charge is 0.343 e. The zero-order chi connectivity index (χ0) is 16.0. The average molecular weight is 321 g/mol. The van der Waals surface area contributed by atoms with Crippen molar-refractivity contribution in [1.82, 2.24) is 0 Å². The third-order valence-electron chi connectivity index (χ3n) is 4.24. The third kappa shape index (κ3) is 2.28. The van der Waals surface area contributed by atoms with Crippen molar-refractivity contribution >= 4 is 42.9 Å². The summed E-state index contributed by atoms with van der Waals surface area (Å²) in [6, 6.07) is 19.9. The summed E-state index contributed by atoms with van der Waals surface area (Å²) in [7, 11) is 2.06. The lowest BCUT2D eigenvalue weighted by molar-refractivity contribution is 0.642. The summed E-state index contributed by atoms with van der Waals surface area (Å²) in [5.74, 6) is -0.146. The highest BCUT2D eigenvalue weighted by molar-refractivity contribution is 7.26. The van der Waals surface area contributed by atoms with Crippen LogP contribution in [0.15, 0.2) is 60.7 Å². The molecule has 3 heteroatoms. The Morgan fingerprint density at radius 3 is 2.22 bits per heavy atom. The lowest BCUT2D eigenvalue weighted by atomic mass is 10.1. The molecule has 0 bridgehead atoms. The standard InChI is InChI=1S/C20H16FNS/c1-13-9-11-14(12-10-13)22(2)18-8-4-6-16-15-5-3-7-17(21)19(15)23-20(16)18/h3-12H,1-2H3. The summed E-state index contributed by atoms with van der Waals surface area (Å²) in [6.45, 7) is 2.08. The number of benzene rings is 3. The van der Waals surface area contributed by atoms with Gasteiger partial charge in [0.15, 0.2) is 0 Å². The molecule has 4 rings (SSSR count). The minimum atomic E-state index is -0.146. The van der Waals surface area contributed by atoms with E-state index in [1.165, 1.54) is 23.0 Å². The number of halogens is 1. The number of nitrogens with zero attached hydrogens (tertiary/aromatic N) is 1. The molecule has 114 valence electrons. The van der Waals surface area contributed by atoms with Crippen molar-refractivity contribution in [3.63, 3.8) is 0 Å². The highest BCUT2D eigenvalue weighted by Gasteiger charge is 2.14. The minimum absolute atomic E-state index is 0.146. The first kappa shape index (κ1) is 14.2. The minimum Gasteiger partial charge on any atom is -0.343 e. The van der Waals surface area contributed by atoms with Crippen molar-refractivity contribution in [2.75, 3.05) is 11.9 Å². The molecule has 4 aromatic rings. The second-order valence-electron chi connectivity index (χ2n) is 5.77. The highest BCUT2D eigenvalue weighted by Crippen LogP contribution is 2.41. The molecule has 0 unspecified atom stereocenters. The van der Waals surface area contributed by atoms with Gasteiger partial charge < -0.3 is 4.90 Å². The first-order valence-electron chi connectivity index (χ1n) is 7.55. The SMILES string of the molecule is Cc1ccc(N(C)c2cccc3c2sc2c(F)cccc23)cc1. The summed E-state index contributed by atoms with van der Waals surface area (Å²) in [4.78, 5) is 2.16. The van der Waals surface area contributed by atoms with Crippen LogP contribution in [-0.2, 0) is 0 Å². The second-order valence-corrected chi connectivity index (χ2v) is 6.79. The molecule has 1 heterocycles. The first-order valence-corrected chi connectivity index (χ1v) is 8.37. The van der Waals surface area contributed by atoms with E-state index in [2.05, 4.69) is 55.3 Å². The van der Waals surface area contributed by atoms with Crippen molar-refractivity contribution in [1.29, 1.82) is 0 Å². The maximum absolute atomic E-state index is 14.1. The lowest BCUT2D eigenvalue weighted by Crippen LogP contribution is -2.09. The van der Waals surface area contributed by atoms with Crippen LogP contribution in [0.3, 0.4) is 0 Å². The van der Waals surface area contributed by atoms with Crippen molar-refractivity contribution in [2.45, 2.75) is 6.92 Å². The first-order chi connectivity index (χ1) is 11.1. The maximum atomic E-state index is 14.1. The fourth-order valence-electron chi connectivity index (χ4n) is 2.94. The van der Waals surface area contributed by atoms with Gasteiger partial charge in [-0.15, -0.1) is 11.3 Å². The van der Waals surface area contributed by atoms with Crippen LogP contribution >= 0.6 is 11.3 Å². The van der Waals surface area contributed by atoms with Gasteiger partial charge in [0.2, 0.25) is 0 Å². The number of thiophene rings is 1. The zero-order valence-corrected chi connectivity index (χ0v) is 13.8. The van der Waals surface area contributed by atoms with Gasteiger partial charge in [-0.1, -0.05) is 42.0 Å². The van der Waals surface area contributed by atoms with Gasteiger partial charge in [-0.25, -0.2) is 4.39 Å². The predicted molar refractivity (Wildman–Crippen MR) is 98.5 cm³/mol. The molecule has 1 nitrogen and oxygen atoms in total. The van der Waals surface area contributed by atoms with Crippen molar-refractivity contribution in [3.05, 3.63) is 72.0 Å². The summed E-state index contributed by atoms with van der Waals surface area (Å²) in [5.41, 5.74) is 3.47. The molecule has 0 N–H and O–H groups in total. The zero-order valence-electron chi connectivity index (χ0n) is 13.0. The van der Waals surface area contributed by atoms with Crippen LogP contribution in [-0.4, -0.2) is 7.05 Å². The topological polar surface area (TPSA) is 3.24 Å². The van der Waals surface area contributed by atoms with Gasteiger partial charge in [0.05, 0.1) is 15.1 Å². The van der Waals surface area contributed by atoms with Crippen molar-refractivity contribution < 1.29 is 4.39 Å². The molecule has 0 atom stereocenters. The van der Waals surface area contributed by atoms with Gasteiger partial charge in [0, 0.05) is 23.5 Å². The molecule has 0 aliphatic carbocycles. The van der Waals surface area contributed by atoms with E-state index < -0.39 is 0 Å². The number of anilines is 2. The van der Waals surface area contributed by atoms with Gasteiger partial charge in [0.25, 0.3) is 0 Å². The fraction of sp³-hybridized carbons (Fsp3) is 0.100. The molecule has 1 aromatic heterocycles. The van der Waals surface area contributed by atoms with Crippen LogP contribution in [0.25, 0.3) is 20.2 Å². The Kier molecular flexibility index (Phi) is 3.31. The van der Waals surface area contributed by atoms with Crippen LogP contribution in [0.5, 0.6) is 0 Å². The van der Waals surface area contributed by atoms with E-state index in [4.69, 9.17) is 0 Å². The normalized spacial score (nSPS) is 11.3. The third-order valence-corrected chi connectivity index (χ3v) is 5.49. The molecule has 0 radical (unpaired) electrons. The monoisotopic (exact) mass is 321 g/mol. The van der Waals surface area contributed by atoms with Crippen molar-refractivity contribution in [2.24, 2.45) is 0 Å². The number of hydrogen-bond donors (Lipinski definition) is 0. The second kappa shape index (κ2) is 5.36. The molecular formula is C20H16FNS. The highest BCUT2D eigenvalue weighted by atomic mass is 32.1. The molecule has 0 saturated heterocycles. The van der Waals surface area contributed by atoms with Crippen molar-refractivity contribution in [3.8, 4) is 0 Å². The van der Waals surface area contributed by atoms with Gasteiger partial charge in [-0.05, 0) is 31.2 Å². The van der Waals surface area contributed by atoms with Gasteiger partial charge in [-0.2, -0.15) is 0 Å². The van der Waals surface area contributed by atoms with Crippen LogP contribution < -0.4 is 4.90 Å². The van der Waals surface area contributed by atoms with E-state index in [9.17, 15) is 4.39 Å². The molecular weight excluding hydrogens is 305 g/mol. The van der Waals surface area contributed by atoms with E-state index >= 15 is 0 Å². The number of aryl methyl sites for hydroxylation is 1. The van der Waals surface area contributed by atoms with E-state index in [0.29, 0.717) is 0 Å². The summed E-state index contributed by atoms with van der Waals surface area (Å²) in [5, 5.41) is 2.10. The maximum Gasteiger partial charge on any atom is 0.141 e. The summed E-state index contributed by atoms with van der Waals surface area (Å²) >= 11 is 1.52. The lowest BCUT2D eigenvalue weighted by Gasteiger charge is -2.20. The Balaban J connectivity index is 1.95. The Hall–Kier alpha value is -2.39. The van der Waals surface area contributed by atoms with E-state index in [0.717, 1.165) is 31.5 Å². The molecule has 0 spiro atoms. The van der Waals surface area contributed by atoms with E-state index in [-0.39, 0.29) is 5.82 Å². The van der Waals surface area contributed by atoms with Crippen LogP contribution in [0.1, 0.15) is 5.56 Å². The average Bonchev–Trinajstić information content (AvgIpc) is 2.95. The predicted octanol–water partition coefficient (Wildman–Crippen LogP) is 6.27. The van der Waals surface area contributed by atoms with Gasteiger partial charge >= 0.3 is 0 Å². The van der Waals surface area contributed by atoms with Crippen LogP contribution in [0, 0.1) is 12.7 Å². The number of rotatable bonds is 2. The molecule has 3 aromatic carbocycles. The molecule has 0 amide bonds.